The standard InChI is InChI=1S/C15H23NO3/c1-5-13(15(17)16-9-10-18-4)19-14-8-6-7-11(2)12(14)3/h6-8,13H,5,9-10H2,1-4H3,(H,16,17). The van der Waals surface area contributed by atoms with Gasteiger partial charge in [0.25, 0.3) is 5.91 Å². The first-order valence-corrected chi connectivity index (χ1v) is 6.59. The number of aryl methyl sites for hydroxylation is 1. The van der Waals surface area contributed by atoms with Crippen molar-refractivity contribution in [1.29, 1.82) is 0 Å². The normalized spacial score (nSPS) is 12.0. The minimum atomic E-state index is -0.461. The molecule has 1 aromatic carbocycles. The van der Waals surface area contributed by atoms with Crippen LogP contribution in [0.3, 0.4) is 0 Å². The fourth-order valence-corrected chi connectivity index (χ4v) is 1.72. The Labute approximate surface area is 115 Å². The van der Waals surface area contributed by atoms with Crippen molar-refractivity contribution < 1.29 is 14.3 Å². The number of nitrogens with one attached hydrogen (secondary N) is 1. The summed E-state index contributed by atoms with van der Waals surface area (Å²) in [5.41, 5.74) is 2.23. The van der Waals surface area contributed by atoms with E-state index in [9.17, 15) is 4.79 Å². The molecule has 1 rings (SSSR count). The Morgan fingerprint density at radius 1 is 1.37 bits per heavy atom. The molecule has 1 N–H and O–H groups in total. The number of hydrogen-bond donors (Lipinski definition) is 1. The third-order valence-electron chi connectivity index (χ3n) is 3.09. The molecule has 0 saturated carbocycles. The van der Waals surface area contributed by atoms with Gasteiger partial charge in [-0.05, 0) is 37.5 Å². The third-order valence-corrected chi connectivity index (χ3v) is 3.09. The molecule has 0 aliphatic carbocycles. The molecule has 0 aliphatic heterocycles. The quantitative estimate of drug-likeness (QED) is 0.769. The predicted octanol–water partition coefficient (Wildman–Crippen LogP) is 2.22. The zero-order valence-electron chi connectivity index (χ0n) is 12.2. The van der Waals surface area contributed by atoms with Crippen LogP contribution >= 0.6 is 0 Å². The molecule has 19 heavy (non-hydrogen) atoms. The van der Waals surface area contributed by atoms with Crippen LogP contribution in [0, 0.1) is 13.8 Å². The number of amides is 1. The molecule has 1 unspecified atom stereocenters. The molecule has 4 nitrogen and oxygen atoms in total. The van der Waals surface area contributed by atoms with Crippen molar-refractivity contribution in [2.75, 3.05) is 20.3 Å². The topological polar surface area (TPSA) is 47.6 Å². The summed E-state index contributed by atoms with van der Waals surface area (Å²) in [5, 5.41) is 2.80. The maximum Gasteiger partial charge on any atom is 0.261 e. The first-order chi connectivity index (χ1) is 9.10. The van der Waals surface area contributed by atoms with Crippen LogP contribution in [0.2, 0.25) is 0 Å². The Hall–Kier alpha value is -1.55. The van der Waals surface area contributed by atoms with E-state index >= 15 is 0 Å². The number of rotatable bonds is 7. The van der Waals surface area contributed by atoms with E-state index in [2.05, 4.69) is 5.32 Å². The lowest BCUT2D eigenvalue weighted by atomic mass is 10.1. The summed E-state index contributed by atoms with van der Waals surface area (Å²) >= 11 is 0. The second kappa shape index (κ2) is 7.79. The number of ether oxygens (including phenoxy) is 2. The number of carbonyl (C=O) groups is 1. The highest BCUT2D eigenvalue weighted by Gasteiger charge is 2.18. The molecule has 1 amide bonds. The largest absolute Gasteiger partial charge is 0.480 e. The van der Waals surface area contributed by atoms with Crippen molar-refractivity contribution in [1.82, 2.24) is 5.32 Å². The van der Waals surface area contributed by atoms with Gasteiger partial charge in [-0.2, -0.15) is 0 Å². The van der Waals surface area contributed by atoms with Crippen LogP contribution < -0.4 is 10.1 Å². The molecule has 0 aliphatic rings. The molecular weight excluding hydrogens is 242 g/mol. The van der Waals surface area contributed by atoms with Crippen LogP contribution in [0.5, 0.6) is 5.75 Å². The second-order valence-electron chi connectivity index (χ2n) is 4.50. The van der Waals surface area contributed by atoms with Gasteiger partial charge in [0.05, 0.1) is 6.61 Å². The summed E-state index contributed by atoms with van der Waals surface area (Å²) in [6.07, 6.45) is 0.170. The van der Waals surface area contributed by atoms with E-state index < -0.39 is 6.10 Å². The van der Waals surface area contributed by atoms with E-state index in [1.165, 1.54) is 0 Å². The molecule has 106 valence electrons. The van der Waals surface area contributed by atoms with Gasteiger partial charge in [0, 0.05) is 13.7 Å². The van der Waals surface area contributed by atoms with Crippen molar-refractivity contribution in [3.05, 3.63) is 29.3 Å². The van der Waals surface area contributed by atoms with Gasteiger partial charge in [0.15, 0.2) is 6.10 Å². The first-order valence-electron chi connectivity index (χ1n) is 6.59. The Morgan fingerprint density at radius 2 is 2.11 bits per heavy atom. The minimum Gasteiger partial charge on any atom is -0.480 e. The molecule has 4 heteroatoms. The van der Waals surface area contributed by atoms with Gasteiger partial charge in [-0.1, -0.05) is 19.1 Å². The monoisotopic (exact) mass is 265 g/mol. The van der Waals surface area contributed by atoms with E-state index in [1.807, 2.05) is 39.0 Å². The Balaban J connectivity index is 2.65. The van der Waals surface area contributed by atoms with E-state index in [0.717, 1.165) is 16.9 Å². The molecular formula is C15H23NO3. The van der Waals surface area contributed by atoms with Gasteiger partial charge in [0.2, 0.25) is 0 Å². The van der Waals surface area contributed by atoms with Crippen LogP contribution in [0.4, 0.5) is 0 Å². The van der Waals surface area contributed by atoms with Gasteiger partial charge in [0.1, 0.15) is 5.75 Å². The third kappa shape index (κ3) is 4.56. The summed E-state index contributed by atoms with van der Waals surface area (Å²) in [6, 6.07) is 5.86. The zero-order chi connectivity index (χ0) is 14.3. The predicted molar refractivity (Wildman–Crippen MR) is 75.5 cm³/mol. The van der Waals surface area contributed by atoms with Crippen LogP contribution in [0.15, 0.2) is 18.2 Å². The summed E-state index contributed by atoms with van der Waals surface area (Å²) in [7, 11) is 1.61. The number of hydrogen-bond acceptors (Lipinski definition) is 3. The average Bonchev–Trinajstić information content (AvgIpc) is 2.40. The summed E-state index contributed by atoms with van der Waals surface area (Å²) in [5.74, 6) is 0.675. The van der Waals surface area contributed by atoms with Gasteiger partial charge >= 0.3 is 0 Å². The Morgan fingerprint density at radius 3 is 2.74 bits per heavy atom. The summed E-state index contributed by atoms with van der Waals surface area (Å²) < 4.78 is 10.7. The van der Waals surface area contributed by atoms with Crippen molar-refractivity contribution in [2.45, 2.75) is 33.3 Å². The smallest absolute Gasteiger partial charge is 0.261 e. The molecule has 0 spiro atoms. The highest BCUT2D eigenvalue weighted by molar-refractivity contribution is 5.81. The van der Waals surface area contributed by atoms with E-state index in [0.29, 0.717) is 19.6 Å². The lowest BCUT2D eigenvalue weighted by Crippen LogP contribution is -2.39. The molecule has 1 atom stereocenters. The highest BCUT2D eigenvalue weighted by Crippen LogP contribution is 2.22. The molecule has 0 bridgehead atoms. The van der Waals surface area contributed by atoms with Gasteiger partial charge in [-0.3, -0.25) is 4.79 Å². The lowest BCUT2D eigenvalue weighted by Gasteiger charge is -2.19. The zero-order valence-corrected chi connectivity index (χ0v) is 12.2. The van der Waals surface area contributed by atoms with Crippen molar-refractivity contribution in [3.63, 3.8) is 0 Å². The molecule has 0 radical (unpaired) electrons. The number of carbonyl (C=O) groups excluding carboxylic acids is 1. The first kappa shape index (κ1) is 15.5. The van der Waals surface area contributed by atoms with Crippen molar-refractivity contribution in [2.24, 2.45) is 0 Å². The van der Waals surface area contributed by atoms with Crippen LogP contribution in [0.1, 0.15) is 24.5 Å². The minimum absolute atomic E-state index is 0.0968. The summed E-state index contributed by atoms with van der Waals surface area (Å²) in [4.78, 5) is 12.0. The van der Waals surface area contributed by atoms with E-state index in [1.54, 1.807) is 7.11 Å². The maximum absolute atomic E-state index is 12.0. The van der Waals surface area contributed by atoms with E-state index in [4.69, 9.17) is 9.47 Å². The number of benzene rings is 1. The van der Waals surface area contributed by atoms with E-state index in [-0.39, 0.29) is 5.91 Å². The second-order valence-corrected chi connectivity index (χ2v) is 4.50. The Bertz CT molecular complexity index is 418. The van der Waals surface area contributed by atoms with Crippen LogP contribution in [-0.2, 0) is 9.53 Å². The Kier molecular flexibility index (Phi) is 6.36. The fraction of sp³-hybridized carbons (Fsp3) is 0.533. The molecule has 0 heterocycles. The SMILES string of the molecule is CCC(Oc1cccc(C)c1C)C(=O)NCCOC. The lowest BCUT2D eigenvalue weighted by molar-refractivity contribution is -0.128. The molecule has 0 fully saturated rings. The molecule has 1 aromatic rings. The van der Waals surface area contributed by atoms with Crippen molar-refractivity contribution >= 4 is 5.91 Å². The van der Waals surface area contributed by atoms with Crippen LogP contribution in [0.25, 0.3) is 0 Å². The molecule has 0 aromatic heterocycles. The van der Waals surface area contributed by atoms with Gasteiger partial charge in [-0.15, -0.1) is 0 Å². The van der Waals surface area contributed by atoms with Crippen molar-refractivity contribution in [3.8, 4) is 5.75 Å². The number of methoxy groups -OCH3 is 1. The average molecular weight is 265 g/mol. The summed E-state index contributed by atoms with van der Waals surface area (Å²) in [6.45, 7) is 6.97. The maximum atomic E-state index is 12.0. The van der Waals surface area contributed by atoms with Gasteiger partial charge in [-0.25, -0.2) is 0 Å². The molecule has 0 saturated heterocycles. The van der Waals surface area contributed by atoms with Crippen LogP contribution in [-0.4, -0.2) is 32.3 Å². The highest BCUT2D eigenvalue weighted by atomic mass is 16.5. The van der Waals surface area contributed by atoms with Gasteiger partial charge < -0.3 is 14.8 Å². The fourth-order valence-electron chi connectivity index (χ4n) is 1.72.